The third-order valence-electron chi connectivity index (χ3n) is 6.56. The second-order valence-corrected chi connectivity index (χ2v) is 9.39. The number of nitrogens with one attached hydrogen (secondary N) is 2. The van der Waals surface area contributed by atoms with E-state index in [1.807, 2.05) is 69.3 Å². The summed E-state index contributed by atoms with van der Waals surface area (Å²) >= 11 is 0. The summed E-state index contributed by atoms with van der Waals surface area (Å²) in [6, 6.07) is 14.0. The largest absolute Gasteiger partial charge is 0.486 e. The summed E-state index contributed by atoms with van der Waals surface area (Å²) in [5, 5.41) is 5.90. The number of rotatable bonds is 9. The van der Waals surface area contributed by atoms with E-state index in [2.05, 4.69) is 10.6 Å². The van der Waals surface area contributed by atoms with Crippen LogP contribution in [0.5, 0.6) is 11.5 Å². The zero-order chi connectivity index (χ0) is 25.0. The van der Waals surface area contributed by atoms with Crippen LogP contribution in [-0.4, -0.2) is 42.5 Å². The lowest BCUT2D eigenvalue weighted by Gasteiger charge is -2.28. The van der Waals surface area contributed by atoms with Gasteiger partial charge < -0.3 is 20.1 Å². The number of urea groups is 1. The molecule has 0 aromatic heterocycles. The van der Waals surface area contributed by atoms with Crippen LogP contribution >= 0.6 is 0 Å². The summed E-state index contributed by atoms with van der Waals surface area (Å²) in [4.78, 5) is 40.6. The van der Waals surface area contributed by atoms with Gasteiger partial charge in [0.2, 0.25) is 5.91 Å². The lowest BCUT2D eigenvalue weighted by Crippen LogP contribution is -2.45. The molecule has 0 bridgehead atoms. The molecule has 0 aliphatic carbocycles. The maximum atomic E-state index is 13.6. The van der Waals surface area contributed by atoms with Crippen LogP contribution in [0.2, 0.25) is 0 Å². The Bertz CT molecular complexity index is 1090. The minimum atomic E-state index is -1.15. The zero-order valence-electron chi connectivity index (χ0n) is 20.5. The number of imide groups is 1. The van der Waals surface area contributed by atoms with Gasteiger partial charge in [-0.05, 0) is 35.6 Å². The number of carbonyl (C=O) groups is 3. The van der Waals surface area contributed by atoms with Crippen LogP contribution in [0, 0.1) is 5.92 Å². The Kier molecular flexibility index (Phi) is 7.28. The van der Waals surface area contributed by atoms with E-state index in [9.17, 15) is 14.4 Å². The molecule has 4 amide bonds. The third kappa shape index (κ3) is 4.97. The van der Waals surface area contributed by atoms with Crippen molar-refractivity contribution in [2.45, 2.75) is 51.6 Å². The lowest BCUT2D eigenvalue weighted by molar-refractivity contribution is -0.135. The third-order valence-corrected chi connectivity index (χ3v) is 6.56. The second-order valence-electron chi connectivity index (χ2n) is 9.39. The number of hydrogen-bond donors (Lipinski definition) is 2. The molecule has 0 radical (unpaired) electrons. The maximum absolute atomic E-state index is 13.6. The van der Waals surface area contributed by atoms with Gasteiger partial charge in [-0.25, -0.2) is 4.79 Å². The number of ether oxygens (including phenoxy) is 2. The molecule has 1 saturated heterocycles. The Labute approximate surface area is 206 Å². The second kappa shape index (κ2) is 10.4. The molecule has 2 heterocycles. The average molecular weight is 480 g/mol. The topological polar surface area (TPSA) is 97.0 Å². The van der Waals surface area contributed by atoms with Gasteiger partial charge in [-0.2, -0.15) is 0 Å². The van der Waals surface area contributed by atoms with Crippen LogP contribution in [-0.2, 0) is 15.1 Å². The smallest absolute Gasteiger partial charge is 0.325 e. The van der Waals surface area contributed by atoms with Crippen molar-refractivity contribution in [3.63, 3.8) is 0 Å². The minimum Gasteiger partial charge on any atom is -0.486 e. The first-order valence-electron chi connectivity index (χ1n) is 12.2. The molecule has 35 heavy (non-hydrogen) atoms. The van der Waals surface area contributed by atoms with Crippen LogP contribution in [0.4, 0.5) is 4.79 Å². The van der Waals surface area contributed by atoms with Crippen molar-refractivity contribution in [1.82, 2.24) is 15.5 Å². The van der Waals surface area contributed by atoms with E-state index < -0.39 is 23.4 Å². The fourth-order valence-electron chi connectivity index (χ4n) is 4.69. The Morgan fingerprint density at radius 3 is 2.49 bits per heavy atom. The van der Waals surface area contributed by atoms with Crippen molar-refractivity contribution in [3.05, 3.63) is 59.7 Å². The number of hydrogen-bond acceptors (Lipinski definition) is 5. The predicted molar refractivity (Wildman–Crippen MR) is 131 cm³/mol. The van der Waals surface area contributed by atoms with Crippen LogP contribution in [0.25, 0.3) is 0 Å². The Hall–Kier alpha value is -3.55. The first-order valence-corrected chi connectivity index (χ1v) is 12.2. The molecular formula is C27H33N3O5. The summed E-state index contributed by atoms with van der Waals surface area (Å²) < 4.78 is 11.3. The van der Waals surface area contributed by atoms with Crippen molar-refractivity contribution in [2.75, 3.05) is 19.8 Å². The Morgan fingerprint density at radius 1 is 1.09 bits per heavy atom. The number of nitrogens with zero attached hydrogens (tertiary/aromatic N) is 1. The molecule has 8 nitrogen and oxygen atoms in total. The number of unbranched alkanes of at least 4 members (excludes halogenated alkanes) is 1. The number of fused-ring (bicyclic) bond motifs is 1. The fourth-order valence-corrected chi connectivity index (χ4v) is 4.69. The molecule has 2 unspecified atom stereocenters. The zero-order valence-corrected chi connectivity index (χ0v) is 20.5. The van der Waals surface area contributed by atoms with E-state index in [0.29, 0.717) is 31.1 Å². The van der Waals surface area contributed by atoms with Crippen molar-refractivity contribution in [3.8, 4) is 11.5 Å². The molecule has 2 aromatic rings. The molecule has 2 aromatic carbocycles. The van der Waals surface area contributed by atoms with E-state index in [1.165, 1.54) is 0 Å². The van der Waals surface area contributed by atoms with Gasteiger partial charge in [0.25, 0.3) is 5.91 Å². The summed E-state index contributed by atoms with van der Waals surface area (Å²) in [5.74, 6) is 0.598. The fraction of sp³-hybridized carbons (Fsp3) is 0.444. The maximum Gasteiger partial charge on any atom is 0.325 e. The normalized spacial score (nSPS) is 20.1. The van der Waals surface area contributed by atoms with Gasteiger partial charge in [0.05, 0.1) is 6.04 Å². The molecule has 2 aliphatic rings. The lowest BCUT2D eigenvalue weighted by atomic mass is 9.85. The van der Waals surface area contributed by atoms with Gasteiger partial charge in [0.15, 0.2) is 11.5 Å². The highest BCUT2D eigenvalue weighted by atomic mass is 16.6. The van der Waals surface area contributed by atoms with Gasteiger partial charge in [0, 0.05) is 0 Å². The molecule has 1 fully saturated rings. The van der Waals surface area contributed by atoms with Crippen molar-refractivity contribution in [2.24, 2.45) is 5.92 Å². The van der Waals surface area contributed by atoms with E-state index in [4.69, 9.17) is 9.47 Å². The van der Waals surface area contributed by atoms with Crippen LogP contribution in [0.3, 0.4) is 0 Å². The molecule has 0 saturated carbocycles. The SMILES string of the molecule is CCCCC1(c2ccccc2)NC(=O)N(CC(=O)NC(c2ccc3c(c2)OCCO3)C(C)C)C1=O. The van der Waals surface area contributed by atoms with Gasteiger partial charge >= 0.3 is 6.03 Å². The van der Waals surface area contributed by atoms with Crippen LogP contribution in [0.15, 0.2) is 48.5 Å². The van der Waals surface area contributed by atoms with Gasteiger partial charge in [-0.15, -0.1) is 0 Å². The molecule has 2 aliphatic heterocycles. The first kappa shape index (κ1) is 24.6. The molecule has 8 heteroatoms. The van der Waals surface area contributed by atoms with Gasteiger partial charge in [-0.3, -0.25) is 14.5 Å². The molecule has 2 N–H and O–H groups in total. The molecular weight excluding hydrogens is 446 g/mol. The standard InChI is InChI=1S/C27H33N3O5/c1-4-5-13-27(20-9-7-6-8-10-20)25(32)30(26(33)29-27)17-23(31)28-24(18(2)3)19-11-12-21-22(16-19)35-15-14-34-21/h6-12,16,18,24H,4-5,13-15,17H2,1-3H3,(H,28,31)(H,29,33). The highest BCUT2D eigenvalue weighted by Gasteiger charge is 2.52. The highest BCUT2D eigenvalue weighted by molar-refractivity contribution is 6.09. The van der Waals surface area contributed by atoms with E-state index in [0.717, 1.165) is 28.9 Å². The molecule has 186 valence electrons. The summed E-state index contributed by atoms with van der Waals surface area (Å²) in [5.41, 5.74) is 0.449. The van der Waals surface area contributed by atoms with Gasteiger partial charge in [-0.1, -0.05) is 70.0 Å². The monoisotopic (exact) mass is 479 g/mol. The van der Waals surface area contributed by atoms with Crippen LogP contribution < -0.4 is 20.1 Å². The average Bonchev–Trinajstić information content (AvgIpc) is 3.11. The summed E-state index contributed by atoms with van der Waals surface area (Å²) in [7, 11) is 0. The minimum absolute atomic E-state index is 0.0672. The highest BCUT2D eigenvalue weighted by Crippen LogP contribution is 2.36. The van der Waals surface area contributed by atoms with Gasteiger partial charge in [0.1, 0.15) is 25.3 Å². The summed E-state index contributed by atoms with van der Waals surface area (Å²) in [6.45, 7) is 6.67. The number of carbonyl (C=O) groups excluding carboxylic acids is 3. The van der Waals surface area contributed by atoms with E-state index in [-0.39, 0.29) is 18.5 Å². The molecule has 2 atom stereocenters. The number of amides is 4. The predicted octanol–water partition coefficient (Wildman–Crippen LogP) is 3.91. The molecule has 0 spiro atoms. The van der Waals surface area contributed by atoms with Crippen molar-refractivity contribution < 1.29 is 23.9 Å². The van der Waals surface area contributed by atoms with E-state index in [1.54, 1.807) is 0 Å². The Morgan fingerprint density at radius 2 is 1.80 bits per heavy atom. The van der Waals surface area contributed by atoms with Crippen molar-refractivity contribution in [1.29, 1.82) is 0 Å². The first-order chi connectivity index (χ1) is 16.9. The van der Waals surface area contributed by atoms with E-state index >= 15 is 0 Å². The number of benzene rings is 2. The van der Waals surface area contributed by atoms with Crippen LogP contribution in [0.1, 0.15) is 57.2 Å². The summed E-state index contributed by atoms with van der Waals surface area (Å²) in [6.07, 6.45) is 2.12. The molecule has 4 rings (SSSR count). The van der Waals surface area contributed by atoms with Crippen molar-refractivity contribution >= 4 is 17.8 Å². The quantitative estimate of drug-likeness (QED) is 0.532. The Balaban J connectivity index is 1.51.